The van der Waals surface area contributed by atoms with Crippen LogP contribution in [0.4, 0.5) is 5.69 Å². The Balaban J connectivity index is 2.04. The van der Waals surface area contributed by atoms with E-state index in [1.54, 1.807) is 0 Å². The van der Waals surface area contributed by atoms with Crippen LogP contribution in [0.5, 0.6) is 0 Å². The maximum atomic E-state index is 3.69. The normalized spacial score (nSPS) is 24.0. The molecule has 1 aliphatic rings. The van der Waals surface area contributed by atoms with Gasteiger partial charge in [0.15, 0.2) is 0 Å². The van der Waals surface area contributed by atoms with Crippen LogP contribution in [0.25, 0.3) is 0 Å². The Kier molecular flexibility index (Phi) is 4.13. The number of benzene rings is 1. The Morgan fingerprint density at radius 2 is 1.88 bits per heavy atom. The highest BCUT2D eigenvalue weighted by Gasteiger charge is 2.23. The number of nitrogens with one attached hydrogen (secondary N) is 1. The van der Waals surface area contributed by atoms with E-state index in [0.29, 0.717) is 6.04 Å². The summed E-state index contributed by atoms with van der Waals surface area (Å²) in [5.74, 6) is 0.935. The van der Waals surface area contributed by atoms with E-state index in [9.17, 15) is 0 Å². The van der Waals surface area contributed by atoms with Crippen molar-refractivity contribution in [3.63, 3.8) is 0 Å². The zero-order chi connectivity index (χ0) is 12.4. The van der Waals surface area contributed by atoms with Gasteiger partial charge in [-0.3, -0.25) is 0 Å². The summed E-state index contributed by atoms with van der Waals surface area (Å²) in [4.78, 5) is 0. The molecule has 2 atom stereocenters. The van der Waals surface area contributed by atoms with Crippen molar-refractivity contribution in [3.8, 4) is 0 Å². The monoisotopic (exact) mass is 295 g/mol. The SMILES string of the molecule is CCC1CCC(Nc2cc(C)c(Br)c(C)c2)C1. The third kappa shape index (κ3) is 3.04. The summed E-state index contributed by atoms with van der Waals surface area (Å²) < 4.78 is 1.24. The first-order valence-corrected chi connectivity index (χ1v) is 7.42. The number of anilines is 1. The van der Waals surface area contributed by atoms with E-state index >= 15 is 0 Å². The molecular weight excluding hydrogens is 274 g/mol. The van der Waals surface area contributed by atoms with E-state index in [-0.39, 0.29) is 0 Å². The molecule has 0 bridgehead atoms. The van der Waals surface area contributed by atoms with Gasteiger partial charge < -0.3 is 5.32 Å². The van der Waals surface area contributed by atoms with Crippen molar-refractivity contribution in [1.29, 1.82) is 0 Å². The van der Waals surface area contributed by atoms with Crippen LogP contribution in [0.15, 0.2) is 16.6 Å². The van der Waals surface area contributed by atoms with Gasteiger partial charge in [0, 0.05) is 16.2 Å². The first-order chi connectivity index (χ1) is 8.10. The van der Waals surface area contributed by atoms with Gasteiger partial charge in [-0.15, -0.1) is 0 Å². The van der Waals surface area contributed by atoms with Crippen LogP contribution in [-0.4, -0.2) is 6.04 Å². The lowest BCUT2D eigenvalue weighted by Gasteiger charge is -2.16. The van der Waals surface area contributed by atoms with Crippen LogP contribution in [-0.2, 0) is 0 Å². The number of aryl methyl sites for hydroxylation is 2. The summed E-state index contributed by atoms with van der Waals surface area (Å²) in [5.41, 5.74) is 3.92. The molecule has 0 aromatic heterocycles. The summed E-state index contributed by atoms with van der Waals surface area (Å²) in [6, 6.07) is 5.17. The van der Waals surface area contributed by atoms with Crippen molar-refractivity contribution in [2.24, 2.45) is 5.92 Å². The molecule has 1 aromatic carbocycles. The van der Waals surface area contributed by atoms with Gasteiger partial charge in [-0.1, -0.05) is 29.3 Å². The van der Waals surface area contributed by atoms with Crippen LogP contribution < -0.4 is 5.32 Å². The molecule has 1 nitrogen and oxygen atoms in total. The Hall–Kier alpha value is -0.500. The summed E-state index contributed by atoms with van der Waals surface area (Å²) in [7, 11) is 0. The zero-order valence-electron chi connectivity index (χ0n) is 11.0. The lowest BCUT2D eigenvalue weighted by molar-refractivity contribution is 0.525. The Bertz CT molecular complexity index is 377. The highest BCUT2D eigenvalue weighted by molar-refractivity contribution is 9.10. The number of rotatable bonds is 3. The van der Waals surface area contributed by atoms with E-state index in [1.807, 2.05) is 0 Å². The molecule has 1 aromatic rings. The molecule has 1 saturated carbocycles. The van der Waals surface area contributed by atoms with Crippen LogP contribution in [0.3, 0.4) is 0 Å². The quantitative estimate of drug-likeness (QED) is 0.822. The molecule has 0 saturated heterocycles. The van der Waals surface area contributed by atoms with Crippen molar-refractivity contribution in [1.82, 2.24) is 0 Å². The maximum absolute atomic E-state index is 3.69. The largest absolute Gasteiger partial charge is 0.382 e. The fraction of sp³-hybridized carbons (Fsp3) is 0.600. The summed E-state index contributed by atoms with van der Waals surface area (Å²) in [5, 5.41) is 3.69. The first-order valence-electron chi connectivity index (χ1n) is 6.63. The molecule has 1 aliphatic carbocycles. The predicted molar refractivity (Wildman–Crippen MR) is 78.7 cm³/mol. The molecule has 0 amide bonds. The average molecular weight is 296 g/mol. The lowest BCUT2D eigenvalue weighted by Crippen LogP contribution is -2.15. The molecule has 2 heteroatoms. The van der Waals surface area contributed by atoms with Crippen LogP contribution in [0.2, 0.25) is 0 Å². The topological polar surface area (TPSA) is 12.0 Å². The minimum Gasteiger partial charge on any atom is -0.382 e. The molecule has 0 heterocycles. The van der Waals surface area contributed by atoms with Crippen LogP contribution in [0.1, 0.15) is 43.7 Å². The van der Waals surface area contributed by atoms with E-state index in [0.717, 1.165) is 5.92 Å². The van der Waals surface area contributed by atoms with Crippen LogP contribution in [0, 0.1) is 19.8 Å². The third-order valence-electron chi connectivity index (χ3n) is 3.93. The molecule has 2 unspecified atom stereocenters. The zero-order valence-corrected chi connectivity index (χ0v) is 12.6. The number of hydrogen-bond donors (Lipinski definition) is 1. The highest BCUT2D eigenvalue weighted by atomic mass is 79.9. The van der Waals surface area contributed by atoms with E-state index < -0.39 is 0 Å². The van der Waals surface area contributed by atoms with Crippen molar-refractivity contribution in [2.45, 2.75) is 52.5 Å². The molecular formula is C15H22BrN. The molecule has 1 fully saturated rings. The fourth-order valence-corrected chi connectivity index (χ4v) is 3.07. The lowest BCUT2D eigenvalue weighted by atomic mass is 10.1. The summed E-state index contributed by atoms with van der Waals surface area (Å²) in [6.45, 7) is 6.62. The van der Waals surface area contributed by atoms with Crippen molar-refractivity contribution in [2.75, 3.05) is 5.32 Å². The second-order valence-corrected chi connectivity index (χ2v) is 6.15. The minimum atomic E-state index is 0.680. The molecule has 94 valence electrons. The Morgan fingerprint density at radius 3 is 2.41 bits per heavy atom. The average Bonchev–Trinajstić information content (AvgIpc) is 2.73. The molecule has 17 heavy (non-hydrogen) atoms. The van der Waals surface area contributed by atoms with Crippen molar-refractivity contribution in [3.05, 3.63) is 27.7 Å². The molecule has 0 spiro atoms. The van der Waals surface area contributed by atoms with E-state index in [4.69, 9.17) is 0 Å². The number of halogens is 1. The van der Waals surface area contributed by atoms with Gasteiger partial charge in [-0.2, -0.15) is 0 Å². The smallest absolute Gasteiger partial charge is 0.0348 e. The molecule has 2 rings (SSSR count). The summed E-state index contributed by atoms with van der Waals surface area (Å²) >= 11 is 3.62. The Labute approximate surface area is 113 Å². The van der Waals surface area contributed by atoms with Gasteiger partial charge in [0.05, 0.1) is 0 Å². The first kappa shape index (κ1) is 12.9. The Morgan fingerprint density at radius 1 is 1.24 bits per heavy atom. The minimum absolute atomic E-state index is 0.680. The van der Waals surface area contributed by atoms with E-state index in [1.165, 1.54) is 47.0 Å². The van der Waals surface area contributed by atoms with Gasteiger partial charge in [-0.05, 0) is 62.3 Å². The summed E-state index contributed by atoms with van der Waals surface area (Å²) in [6.07, 6.45) is 5.39. The van der Waals surface area contributed by atoms with Gasteiger partial charge in [-0.25, -0.2) is 0 Å². The van der Waals surface area contributed by atoms with Crippen LogP contribution >= 0.6 is 15.9 Å². The highest BCUT2D eigenvalue weighted by Crippen LogP contribution is 2.31. The molecule has 0 aliphatic heterocycles. The molecule has 0 radical (unpaired) electrons. The van der Waals surface area contributed by atoms with Gasteiger partial charge >= 0.3 is 0 Å². The van der Waals surface area contributed by atoms with E-state index in [2.05, 4.69) is 54.2 Å². The molecule has 1 N–H and O–H groups in total. The standard InChI is InChI=1S/C15H22BrN/c1-4-12-5-6-13(9-12)17-14-7-10(2)15(16)11(3)8-14/h7-8,12-13,17H,4-6,9H2,1-3H3. The maximum Gasteiger partial charge on any atom is 0.0348 e. The van der Waals surface area contributed by atoms with Crippen molar-refractivity contribution >= 4 is 21.6 Å². The van der Waals surface area contributed by atoms with Crippen molar-refractivity contribution < 1.29 is 0 Å². The third-order valence-corrected chi connectivity index (χ3v) is 5.18. The number of hydrogen-bond acceptors (Lipinski definition) is 1. The second kappa shape index (κ2) is 5.43. The second-order valence-electron chi connectivity index (χ2n) is 5.35. The fourth-order valence-electron chi connectivity index (χ4n) is 2.84. The van der Waals surface area contributed by atoms with Gasteiger partial charge in [0.2, 0.25) is 0 Å². The van der Waals surface area contributed by atoms with Gasteiger partial charge in [0.1, 0.15) is 0 Å². The van der Waals surface area contributed by atoms with Gasteiger partial charge in [0.25, 0.3) is 0 Å². The predicted octanol–water partition coefficient (Wildman–Crippen LogP) is 5.06.